The molecule has 1 unspecified atom stereocenters. The van der Waals surface area contributed by atoms with Gasteiger partial charge in [0.1, 0.15) is 22.7 Å². The highest BCUT2D eigenvalue weighted by molar-refractivity contribution is 6.14. The summed E-state index contributed by atoms with van der Waals surface area (Å²) in [6, 6.07) is 8.95. The number of anilines is 1. The summed E-state index contributed by atoms with van der Waals surface area (Å²) in [6.07, 6.45) is 2.37. The number of furan rings is 1. The van der Waals surface area contributed by atoms with Gasteiger partial charge in [0.25, 0.3) is 5.91 Å². The molecule has 0 saturated carbocycles. The molecular formula is C26H32N4O5. The first-order valence-corrected chi connectivity index (χ1v) is 11.8. The zero-order chi connectivity index (χ0) is 25.3. The predicted octanol–water partition coefficient (Wildman–Crippen LogP) is 3.78. The van der Waals surface area contributed by atoms with Gasteiger partial charge in [-0.3, -0.25) is 14.4 Å². The van der Waals surface area contributed by atoms with E-state index in [2.05, 4.69) is 24.5 Å². The third kappa shape index (κ3) is 4.50. The highest BCUT2D eigenvalue weighted by Crippen LogP contribution is 2.40. The van der Waals surface area contributed by atoms with E-state index in [1.165, 1.54) is 18.1 Å². The summed E-state index contributed by atoms with van der Waals surface area (Å²) in [5, 5.41) is 6.53. The van der Waals surface area contributed by atoms with Gasteiger partial charge in [0.05, 0.1) is 37.7 Å². The van der Waals surface area contributed by atoms with Crippen molar-refractivity contribution in [2.45, 2.75) is 52.7 Å². The number of amides is 3. The number of nitrogens with one attached hydrogen (secondary N) is 2. The Morgan fingerprint density at radius 3 is 2.66 bits per heavy atom. The molecular weight excluding hydrogens is 448 g/mol. The molecule has 4 rings (SSSR count). The van der Waals surface area contributed by atoms with E-state index >= 15 is 0 Å². The van der Waals surface area contributed by atoms with Crippen LogP contribution < -0.4 is 15.4 Å². The van der Waals surface area contributed by atoms with Crippen LogP contribution in [0.2, 0.25) is 0 Å². The highest BCUT2D eigenvalue weighted by Gasteiger charge is 2.49. The Morgan fingerprint density at radius 2 is 2.03 bits per heavy atom. The molecule has 9 heteroatoms. The van der Waals surface area contributed by atoms with Crippen molar-refractivity contribution in [2.24, 2.45) is 5.92 Å². The van der Waals surface area contributed by atoms with Crippen molar-refractivity contribution in [3.05, 3.63) is 48.0 Å². The summed E-state index contributed by atoms with van der Waals surface area (Å²) in [7, 11) is 1.56. The van der Waals surface area contributed by atoms with Gasteiger partial charge in [-0.25, -0.2) is 0 Å². The van der Waals surface area contributed by atoms with E-state index < -0.39 is 5.54 Å². The third-order valence-electron chi connectivity index (χ3n) is 6.47. The van der Waals surface area contributed by atoms with Crippen LogP contribution in [0.15, 0.2) is 41.0 Å². The third-order valence-corrected chi connectivity index (χ3v) is 6.47. The van der Waals surface area contributed by atoms with Crippen LogP contribution in [0.4, 0.5) is 5.69 Å². The second-order valence-corrected chi connectivity index (χ2v) is 9.56. The Balaban J connectivity index is 1.86. The minimum absolute atomic E-state index is 0.115. The number of fused-ring (bicyclic) bond motifs is 3. The average molecular weight is 481 g/mol. The molecule has 0 fully saturated rings. The van der Waals surface area contributed by atoms with Crippen molar-refractivity contribution >= 4 is 34.3 Å². The largest absolute Gasteiger partial charge is 0.497 e. The molecule has 0 bridgehead atoms. The summed E-state index contributed by atoms with van der Waals surface area (Å²) >= 11 is 0. The maximum Gasteiger partial charge on any atom is 0.274 e. The lowest BCUT2D eigenvalue weighted by molar-refractivity contribution is -0.133. The van der Waals surface area contributed by atoms with Crippen LogP contribution in [-0.2, 0) is 22.7 Å². The smallest absolute Gasteiger partial charge is 0.274 e. The van der Waals surface area contributed by atoms with Gasteiger partial charge in [0.15, 0.2) is 0 Å². The first kappa shape index (κ1) is 24.4. The van der Waals surface area contributed by atoms with E-state index in [1.807, 2.05) is 10.6 Å². The molecule has 2 aromatic heterocycles. The molecule has 9 nitrogen and oxygen atoms in total. The number of ether oxygens (including phenoxy) is 1. The number of nitrogens with zero attached hydrogens (tertiary/aromatic N) is 2. The molecule has 186 valence electrons. The number of methoxy groups -OCH3 is 1. The number of hydrogen-bond donors (Lipinski definition) is 2. The second-order valence-electron chi connectivity index (χ2n) is 9.56. The molecule has 1 aliphatic heterocycles. The molecule has 1 aromatic carbocycles. The van der Waals surface area contributed by atoms with Gasteiger partial charge in [0.2, 0.25) is 11.8 Å². The normalized spacial score (nSPS) is 17.5. The van der Waals surface area contributed by atoms with Gasteiger partial charge in [-0.15, -0.1) is 0 Å². The van der Waals surface area contributed by atoms with Crippen molar-refractivity contribution < 1.29 is 23.5 Å². The number of benzene rings is 1. The minimum Gasteiger partial charge on any atom is -0.497 e. The standard InChI is InChI=1S/C26H32N4O5/c1-16(2)10-11-27-25(33)26(4)15-29-21-9-8-18(34-5)13-20(21)22(28-17(3)31)23(29)24(32)30(26)14-19-7-6-12-35-19/h6-9,12-13,16H,10-11,14-15H2,1-5H3,(H,27,33)(H,28,31). The Morgan fingerprint density at radius 1 is 1.26 bits per heavy atom. The summed E-state index contributed by atoms with van der Waals surface area (Å²) in [6.45, 7) is 8.21. The van der Waals surface area contributed by atoms with Crippen LogP contribution in [0.1, 0.15) is 50.4 Å². The average Bonchev–Trinajstić information content (AvgIpc) is 3.42. The van der Waals surface area contributed by atoms with Gasteiger partial charge in [-0.05, 0) is 49.6 Å². The molecule has 3 heterocycles. The molecule has 0 spiro atoms. The Kier molecular flexibility index (Phi) is 6.60. The number of rotatable bonds is 8. The predicted molar refractivity (Wildman–Crippen MR) is 132 cm³/mol. The van der Waals surface area contributed by atoms with E-state index in [9.17, 15) is 14.4 Å². The SMILES string of the molecule is COc1ccc2c(c1)c(NC(C)=O)c1n2CC(C)(C(=O)NCCC(C)C)N(Cc2ccco2)C1=O. The Bertz CT molecular complexity index is 1260. The van der Waals surface area contributed by atoms with E-state index in [4.69, 9.17) is 9.15 Å². The monoisotopic (exact) mass is 480 g/mol. The van der Waals surface area contributed by atoms with E-state index in [0.717, 1.165) is 11.9 Å². The van der Waals surface area contributed by atoms with Gasteiger partial charge < -0.3 is 29.3 Å². The van der Waals surface area contributed by atoms with Crippen LogP contribution >= 0.6 is 0 Å². The fourth-order valence-corrected chi connectivity index (χ4v) is 4.56. The highest BCUT2D eigenvalue weighted by atomic mass is 16.5. The van der Waals surface area contributed by atoms with Crippen LogP contribution in [0, 0.1) is 5.92 Å². The fraction of sp³-hybridized carbons (Fsp3) is 0.423. The molecule has 3 amide bonds. The fourth-order valence-electron chi connectivity index (χ4n) is 4.56. The second kappa shape index (κ2) is 9.48. The lowest BCUT2D eigenvalue weighted by atomic mass is 9.94. The first-order valence-electron chi connectivity index (χ1n) is 11.8. The van der Waals surface area contributed by atoms with Crippen molar-refractivity contribution in [3.63, 3.8) is 0 Å². The molecule has 2 N–H and O–H groups in total. The van der Waals surface area contributed by atoms with Crippen LogP contribution in [0.3, 0.4) is 0 Å². The van der Waals surface area contributed by atoms with Gasteiger partial charge in [0, 0.05) is 18.9 Å². The molecule has 3 aromatic rings. The van der Waals surface area contributed by atoms with Gasteiger partial charge in [-0.2, -0.15) is 0 Å². The number of hydrogen-bond acceptors (Lipinski definition) is 5. The molecule has 35 heavy (non-hydrogen) atoms. The zero-order valence-electron chi connectivity index (χ0n) is 20.8. The zero-order valence-corrected chi connectivity index (χ0v) is 20.8. The summed E-state index contributed by atoms with van der Waals surface area (Å²) in [4.78, 5) is 41.3. The molecule has 0 saturated heterocycles. The lowest BCUT2D eigenvalue weighted by Gasteiger charge is -2.44. The number of aromatic nitrogens is 1. The minimum atomic E-state index is -1.19. The van der Waals surface area contributed by atoms with E-state index in [1.54, 1.807) is 38.3 Å². The van der Waals surface area contributed by atoms with Crippen molar-refractivity contribution in [2.75, 3.05) is 19.0 Å². The molecule has 0 radical (unpaired) electrons. The summed E-state index contributed by atoms with van der Waals surface area (Å²) in [5.41, 5.74) is 0.273. The van der Waals surface area contributed by atoms with Crippen LogP contribution in [0.5, 0.6) is 5.75 Å². The quantitative estimate of drug-likeness (QED) is 0.510. The van der Waals surface area contributed by atoms with Crippen molar-refractivity contribution in [3.8, 4) is 5.75 Å². The van der Waals surface area contributed by atoms with Crippen LogP contribution in [0.25, 0.3) is 10.9 Å². The number of carbonyl (C=O) groups excluding carboxylic acids is 3. The maximum absolute atomic E-state index is 14.1. The van der Waals surface area contributed by atoms with E-state index in [0.29, 0.717) is 40.7 Å². The summed E-state index contributed by atoms with van der Waals surface area (Å²) in [5.74, 6) is 0.694. The lowest BCUT2D eigenvalue weighted by Crippen LogP contribution is -2.63. The van der Waals surface area contributed by atoms with Crippen LogP contribution in [-0.4, -0.2) is 46.4 Å². The Labute approximate surface area is 204 Å². The van der Waals surface area contributed by atoms with E-state index in [-0.39, 0.29) is 30.8 Å². The van der Waals surface area contributed by atoms with Crippen molar-refractivity contribution in [1.82, 2.24) is 14.8 Å². The summed E-state index contributed by atoms with van der Waals surface area (Å²) < 4.78 is 12.7. The molecule has 1 atom stereocenters. The molecule has 0 aliphatic carbocycles. The Hall–Kier alpha value is -3.75. The topological polar surface area (TPSA) is 106 Å². The molecule has 1 aliphatic rings. The van der Waals surface area contributed by atoms with Crippen molar-refractivity contribution in [1.29, 1.82) is 0 Å². The van der Waals surface area contributed by atoms with Gasteiger partial charge in [-0.1, -0.05) is 13.8 Å². The maximum atomic E-state index is 14.1. The van der Waals surface area contributed by atoms with Gasteiger partial charge >= 0.3 is 0 Å². The number of carbonyl (C=O) groups is 3. The first-order chi connectivity index (χ1) is 16.7.